The van der Waals surface area contributed by atoms with Gasteiger partial charge in [0.1, 0.15) is 6.61 Å². The zero-order valence-electron chi connectivity index (χ0n) is 13.6. The van der Waals surface area contributed by atoms with Gasteiger partial charge in [0.15, 0.2) is 5.54 Å². The van der Waals surface area contributed by atoms with Crippen LogP contribution in [0.4, 0.5) is 0 Å². The molecule has 7 heteroatoms. The third-order valence-electron chi connectivity index (χ3n) is 4.49. The molecule has 0 aliphatic heterocycles. The summed E-state index contributed by atoms with van der Waals surface area (Å²) in [6, 6.07) is 15.5. The highest BCUT2D eigenvalue weighted by atomic mass is 35.5. The number of aliphatic carboxylic acids is 1. The first-order chi connectivity index (χ1) is 12.3. The van der Waals surface area contributed by atoms with Crippen LogP contribution in [0.1, 0.15) is 23.5 Å². The first kappa shape index (κ1) is 18.1. The number of benzene rings is 2. The largest absolute Gasteiger partial charge is 0.481 e. The van der Waals surface area contributed by atoms with Crippen LogP contribution in [0.15, 0.2) is 48.5 Å². The molecule has 26 heavy (non-hydrogen) atoms. The van der Waals surface area contributed by atoms with Crippen molar-refractivity contribution in [1.29, 1.82) is 0 Å². The number of ether oxygens (including phenoxy) is 1. The van der Waals surface area contributed by atoms with Gasteiger partial charge in [-0.15, -0.1) is 0 Å². The Labute approximate surface area is 154 Å². The third-order valence-corrected chi connectivity index (χ3v) is 4.83. The Morgan fingerprint density at radius 1 is 1.04 bits per heavy atom. The number of nitrogens with two attached hydrogens (primary N) is 1. The van der Waals surface area contributed by atoms with E-state index in [4.69, 9.17) is 27.2 Å². The molecular formula is C19H16ClNO5. The van der Waals surface area contributed by atoms with Crippen LogP contribution in [0.5, 0.6) is 0 Å². The predicted molar refractivity (Wildman–Crippen MR) is 94.7 cm³/mol. The molecule has 2 aromatic carbocycles. The van der Waals surface area contributed by atoms with Gasteiger partial charge in [-0.05, 0) is 33.9 Å². The van der Waals surface area contributed by atoms with Gasteiger partial charge >= 0.3 is 11.9 Å². The number of rotatable bonds is 6. The van der Waals surface area contributed by atoms with Crippen molar-refractivity contribution in [2.45, 2.75) is 17.9 Å². The van der Waals surface area contributed by atoms with Crippen molar-refractivity contribution in [3.63, 3.8) is 0 Å². The minimum atomic E-state index is -2.41. The summed E-state index contributed by atoms with van der Waals surface area (Å²) in [5.74, 6) is -2.80. The van der Waals surface area contributed by atoms with E-state index in [0.29, 0.717) is 0 Å². The second kappa shape index (κ2) is 6.90. The molecule has 134 valence electrons. The van der Waals surface area contributed by atoms with Gasteiger partial charge in [0.05, 0.1) is 6.42 Å². The molecule has 0 bridgehead atoms. The van der Waals surface area contributed by atoms with E-state index in [-0.39, 0.29) is 12.5 Å². The van der Waals surface area contributed by atoms with Crippen LogP contribution in [0.3, 0.4) is 0 Å². The van der Waals surface area contributed by atoms with Crippen LogP contribution in [0.2, 0.25) is 0 Å². The van der Waals surface area contributed by atoms with Crippen LogP contribution in [0.25, 0.3) is 11.1 Å². The molecule has 0 amide bonds. The minimum absolute atomic E-state index is 0.0738. The third kappa shape index (κ3) is 3.09. The maximum atomic E-state index is 12.3. The van der Waals surface area contributed by atoms with E-state index in [1.165, 1.54) is 0 Å². The summed E-state index contributed by atoms with van der Waals surface area (Å²) < 4.78 is 5.23. The first-order valence-corrected chi connectivity index (χ1v) is 8.28. The summed E-state index contributed by atoms with van der Waals surface area (Å²) in [4.78, 5) is 34.7. The van der Waals surface area contributed by atoms with E-state index in [0.717, 1.165) is 22.3 Å². The van der Waals surface area contributed by atoms with E-state index >= 15 is 0 Å². The van der Waals surface area contributed by atoms with Gasteiger partial charge in [0, 0.05) is 5.92 Å². The molecule has 3 N–H and O–H groups in total. The van der Waals surface area contributed by atoms with Crippen LogP contribution in [-0.4, -0.2) is 34.4 Å². The number of esters is 1. The number of hydrogen-bond acceptors (Lipinski definition) is 5. The molecule has 2 aromatic rings. The highest BCUT2D eigenvalue weighted by molar-refractivity contribution is 6.67. The monoisotopic (exact) mass is 373 g/mol. The SMILES string of the molecule is N[C@@](CC(=O)O)(C(=O)Cl)C(=O)OCC1c2ccccc2-c2ccccc21. The summed E-state index contributed by atoms with van der Waals surface area (Å²) in [5, 5.41) is 7.62. The number of carbonyl (C=O) groups is 3. The van der Waals surface area contributed by atoms with E-state index in [2.05, 4.69) is 0 Å². The van der Waals surface area contributed by atoms with Gasteiger partial charge in [0.25, 0.3) is 5.24 Å². The van der Waals surface area contributed by atoms with Crippen molar-refractivity contribution in [2.24, 2.45) is 5.73 Å². The first-order valence-electron chi connectivity index (χ1n) is 7.90. The Hall–Kier alpha value is -2.70. The highest BCUT2D eigenvalue weighted by Gasteiger charge is 2.45. The summed E-state index contributed by atoms with van der Waals surface area (Å²) in [6.07, 6.45) is -0.938. The number of carboxylic acid groups (broad SMARTS) is 1. The normalized spacial score (nSPS) is 14.8. The Morgan fingerprint density at radius 2 is 1.54 bits per heavy atom. The number of carboxylic acids is 1. The summed E-state index contributed by atoms with van der Waals surface area (Å²) >= 11 is 5.35. The molecule has 6 nitrogen and oxygen atoms in total. The van der Waals surface area contributed by atoms with Crippen molar-refractivity contribution >= 4 is 28.8 Å². The minimum Gasteiger partial charge on any atom is -0.481 e. The van der Waals surface area contributed by atoms with Gasteiger partial charge in [0.2, 0.25) is 0 Å². The van der Waals surface area contributed by atoms with Gasteiger partial charge in [-0.25, -0.2) is 4.79 Å². The fourth-order valence-electron chi connectivity index (χ4n) is 3.19. The lowest BCUT2D eigenvalue weighted by atomic mass is 9.96. The lowest BCUT2D eigenvalue weighted by Gasteiger charge is -2.22. The number of halogens is 1. The smallest absolute Gasteiger partial charge is 0.335 e. The molecule has 3 rings (SSSR count). The molecule has 0 saturated heterocycles. The molecule has 1 aliphatic carbocycles. The second-order valence-corrected chi connectivity index (χ2v) is 6.48. The van der Waals surface area contributed by atoms with E-state index in [9.17, 15) is 14.4 Å². The molecule has 0 radical (unpaired) electrons. The molecule has 0 unspecified atom stereocenters. The average Bonchev–Trinajstić information content (AvgIpc) is 2.93. The Bertz CT molecular complexity index is 852. The molecule has 0 saturated carbocycles. The van der Waals surface area contributed by atoms with Gasteiger partial charge in [-0.1, -0.05) is 48.5 Å². The summed E-state index contributed by atoms with van der Waals surface area (Å²) in [5.41, 5.74) is 7.27. The zero-order chi connectivity index (χ0) is 18.9. The highest BCUT2D eigenvalue weighted by Crippen LogP contribution is 2.44. The van der Waals surface area contributed by atoms with Crippen molar-refractivity contribution in [3.8, 4) is 11.1 Å². The topological polar surface area (TPSA) is 107 Å². The summed E-state index contributed by atoms with van der Waals surface area (Å²) in [7, 11) is 0. The maximum Gasteiger partial charge on any atom is 0.335 e. The van der Waals surface area contributed by atoms with Crippen LogP contribution in [-0.2, 0) is 19.1 Å². The summed E-state index contributed by atoms with van der Waals surface area (Å²) in [6.45, 7) is -0.0738. The van der Waals surface area contributed by atoms with E-state index in [1.807, 2.05) is 48.5 Å². The van der Waals surface area contributed by atoms with Crippen LogP contribution >= 0.6 is 11.6 Å². The molecule has 1 aliphatic rings. The Balaban J connectivity index is 1.85. The molecule has 0 heterocycles. The molecule has 0 spiro atoms. The molecular weight excluding hydrogens is 358 g/mol. The lowest BCUT2D eigenvalue weighted by Crippen LogP contribution is -2.55. The van der Waals surface area contributed by atoms with Crippen LogP contribution in [0, 0.1) is 0 Å². The number of carbonyl (C=O) groups excluding carboxylic acids is 2. The van der Waals surface area contributed by atoms with Crippen molar-refractivity contribution in [2.75, 3.05) is 6.61 Å². The lowest BCUT2D eigenvalue weighted by molar-refractivity contribution is -0.157. The average molecular weight is 374 g/mol. The number of hydrogen-bond donors (Lipinski definition) is 2. The quantitative estimate of drug-likeness (QED) is 0.457. The van der Waals surface area contributed by atoms with Crippen LogP contribution < -0.4 is 5.73 Å². The van der Waals surface area contributed by atoms with E-state index < -0.39 is 29.1 Å². The Morgan fingerprint density at radius 3 is 2.00 bits per heavy atom. The van der Waals surface area contributed by atoms with Gasteiger partial charge in [-0.3, -0.25) is 9.59 Å². The second-order valence-electron chi connectivity index (χ2n) is 6.14. The standard InChI is InChI=1S/C19H16ClNO5/c20-17(24)19(21,9-16(22)23)18(25)26-10-15-13-7-3-1-5-11(13)12-6-2-4-8-14(12)15/h1-8,15H,9-10,21H2,(H,22,23)/t19-/m0/s1. The van der Waals surface area contributed by atoms with Crippen molar-refractivity contribution in [3.05, 3.63) is 59.7 Å². The van der Waals surface area contributed by atoms with Crippen molar-refractivity contribution < 1.29 is 24.2 Å². The zero-order valence-corrected chi connectivity index (χ0v) is 14.4. The molecule has 0 fully saturated rings. The van der Waals surface area contributed by atoms with Gasteiger partial charge < -0.3 is 15.6 Å². The fraction of sp³-hybridized carbons (Fsp3) is 0.211. The molecule has 0 aromatic heterocycles. The molecule has 1 atom stereocenters. The predicted octanol–water partition coefficient (Wildman–Crippen LogP) is 2.28. The number of fused-ring (bicyclic) bond motifs is 3. The van der Waals surface area contributed by atoms with E-state index in [1.54, 1.807) is 0 Å². The van der Waals surface area contributed by atoms with Gasteiger partial charge in [-0.2, -0.15) is 0 Å². The van der Waals surface area contributed by atoms with Crippen molar-refractivity contribution in [1.82, 2.24) is 0 Å². The fourth-order valence-corrected chi connectivity index (χ4v) is 3.33. The Kier molecular flexibility index (Phi) is 4.80. The maximum absolute atomic E-state index is 12.3.